The molecule has 1 atom stereocenters. The largest absolute Gasteiger partial charge is 0.481 e. The second-order valence-corrected chi connectivity index (χ2v) is 5.74. The number of urea groups is 2. The van der Waals surface area contributed by atoms with Crippen LogP contribution < -0.4 is 10.6 Å². The number of likely N-dealkylation sites (tertiary alicyclic amines) is 1. The molecule has 1 aliphatic rings. The van der Waals surface area contributed by atoms with Gasteiger partial charge in [0.25, 0.3) is 0 Å². The van der Waals surface area contributed by atoms with E-state index in [2.05, 4.69) is 10.6 Å². The molecule has 8 nitrogen and oxygen atoms in total. The van der Waals surface area contributed by atoms with Crippen LogP contribution in [0.1, 0.15) is 12.8 Å². The van der Waals surface area contributed by atoms with Gasteiger partial charge in [0.15, 0.2) is 0 Å². The third-order valence-electron chi connectivity index (χ3n) is 3.84. The van der Waals surface area contributed by atoms with Crippen LogP contribution in [0.3, 0.4) is 0 Å². The van der Waals surface area contributed by atoms with Crippen molar-refractivity contribution >= 4 is 23.7 Å². The van der Waals surface area contributed by atoms with Crippen molar-refractivity contribution in [2.45, 2.75) is 18.9 Å². The van der Waals surface area contributed by atoms with E-state index in [1.807, 2.05) is 30.3 Å². The number of para-hydroxylation sites is 1. The fraction of sp³-hybridized carbons (Fsp3) is 0.438. The quantitative estimate of drug-likeness (QED) is 0.757. The molecular formula is C16H22N4O4. The number of anilines is 1. The summed E-state index contributed by atoms with van der Waals surface area (Å²) in [6, 6.07) is 8.52. The van der Waals surface area contributed by atoms with E-state index in [1.54, 1.807) is 11.9 Å². The number of carbonyl (C=O) groups is 3. The minimum atomic E-state index is -0.945. The van der Waals surface area contributed by atoms with E-state index < -0.39 is 5.97 Å². The highest BCUT2D eigenvalue weighted by Gasteiger charge is 2.28. The highest BCUT2D eigenvalue weighted by molar-refractivity contribution is 5.89. The molecule has 2 rings (SSSR count). The molecule has 0 aromatic heterocycles. The number of carboxylic acids is 1. The number of rotatable bonds is 5. The molecule has 4 amide bonds. The van der Waals surface area contributed by atoms with E-state index in [0.717, 1.165) is 5.69 Å². The van der Waals surface area contributed by atoms with Gasteiger partial charge in [-0.2, -0.15) is 0 Å². The lowest BCUT2D eigenvalue weighted by atomic mass is 10.3. The van der Waals surface area contributed by atoms with Crippen LogP contribution in [-0.4, -0.2) is 65.7 Å². The number of carboxylic acid groups (broad SMARTS) is 1. The average molecular weight is 334 g/mol. The Morgan fingerprint density at radius 3 is 2.67 bits per heavy atom. The molecule has 0 aliphatic carbocycles. The van der Waals surface area contributed by atoms with Gasteiger partial charge in [-0.3, -0.25) is 4.79 Å². The Morgan fingerprint density at radius 2 is 2.00 bits per heavy atom. The molecule has 0 saturated carbocycles. The Morgan fingerprint density at radius 1 is 1.29 bits per heavy atom. The molecule has 0 spiro atoms. The number of hydrogen-bond donors (Lipinski definition) is 3. The van der Waals surface area contributed by atoms with E-state index in [4.69, 9.17) is 5.11 Å². The maximum absolute atomic E-state index is 12.2. The summed E-state index contributed by atoms with van der Waals surface area (Å²) < 4.78 is 0. The summed E-state index contributed by atoms with van der Waals surface area (Å²) in [5, 5.41) is 14.3. The summed E-state index contributed by atoms with van der Waals surface area (Å²) in [7, 11) is 1.55. The number of nitrogens with zero attached hydrogens (tertiary/aromatic N) is 2. The van der Waals surface area contributed by atoms with Gasteiger partial charge in [0.05, 0.1) is 6.42 Å². The van der Waals surface area contributed by atoms with Crippen LogP contribution in [0.4, 0.5) is 15.3 Å². The first kappa shape index (κ1) is 17.6. The van der Waals surface area contributed by atoms with Crippen molar-refractivity contribution in [3.63, 3.8) is 0 Å². The standard InChI is InChI=1S/C16H22N4O4/c1-19(9-8-14(21)22)15(23)18-13-7-10-20(11-13)16(24)17-12-5-3-2-4-6-12/h2-6,13H,7-11H2,1H3,(H,17,24)(H,18,23)(H,21,22). The van der Waals surface area contributed by atoms with Gasteiger partial charge in [-0.15, -0.1) is 0 Å². The zero-order chi connectivity index (χ0) is 17.5. The van der Waals surface area contributed by atoms with Crippen molar-refractivity contribution < 1.29 is 19.5 Å². The van der Waals surface area contributed by atoms with E-state index >= 15 is 0 Å². The lowest BCUT2D eigenvalue weighted by Crippen LogP contribution is -2.45. The van der Waals surface area contributed by atoms with Gasteiger partial charge in [0.2, 0.25) is 0 Å². The smallest absolute Gasteiger partial charge is 0.321 e. The number of carbonyl (C=O) groups excluding carboxylic acids is 2. The summed E-state index contributed by atoms with van der Waals surface area (Å²) >= 11 is 0. The van der Waals surface area contributed by atoms with Gasteiger partial charge in [-0.25, -0.2) is 9.59 Å². The highest BCUT2D eigenvalue weighted by Crippen LogP contribution is 2.13. The maximum Gasteiger partial charge on any atom is 0.321 e. The second-order valence-electron chi connectivity index (χ2n) is 5.74. The molecule has 24 heavy (non-hydrogen) atoms. The maximum atomic E-state index is 12.2. The molecule has 0 bridgehead atoms. The molecule has 0 radical (unpaired) electrons. The molecule has 130 valence electrons. The highest BCUT2D eigenvalue weighted by atomic mass is 16.4. The first-order chi connectivity index (χ1) is 11.5. The fourth-order valence-corrected chi connectivity index (χ4v) is 2.44. The van der Waals surface area contributed by atoms with E-state index in [9.17, 15) is 14.4 Å². The Balaban J connectivity index is 1.77. The molecule has 1 unspecified atom stereocenters. The number of nitrogens with one attached hydrogen (secondary N) is 2. The molecule has 1 heterocycles. The van der Waals surface area contributed by atoms with Crippen molar-refractivity contribution in [1.82, 2.24) is 15.1 Å². The fourth-order valence-electron chi connectivity index (χ4n) is 2.44. The van der Waals surface area contributed by atoms with Crippen molar-refractivity contribution in [3.05, 3.63) is 30.3 Å². The number of aliphatic carboxylic acids is 1. The average Bonchev–Trinajstić information content (AvgIpc) is 3.02. The molecule has 1 fully saturated rings. The van der Waals surface area contributed by atoms with Crippen molar-refractivity contribution in [3.8, 4) is 0 Å². The molecule has 3 N–H and O–H groups in total. The summed E-state index contributed by atoms with van der Waals surface area (Å²) in [6.45, 7) is 1.13. The van der Waals surface area contributed by atoms with Crippen LogP contribution in [0.2, 0.25) is 0 Å². The Kier molecular flexibility index (Phi) is 6.00. The Bertz CT molecular complexity index is 593. The number of hydrogen-bond acceptors (Lipinski definition) is 3. The predicted molar refractivity (Wildman–Crippen MR) is 88.9 cm³/mol. The minimum Gasteiger partial charge on any atom is -0.481 e. The summed E-state index contributed by atoms with van der Waals surface area (Å²) in [5.41, 5.74) is 0.725. The van der Waals surface area contributed by atoms with Gasteiger partial charge >= 0.3 is 18.0 Å². The van der Waals surface area contributed by atoms with Crippen LogP contribution in [-0.2, 0) is 4.79 Å². The first-order valence-corrected chi connectivity index (χ1v) is 7.80. The second kappa shape index (κ2) is 8.19. The van der Waals surface area contributed by atoms with Crippen LogP contribution >= 0.6 is 0 Å². The van der Waals surface area contributed by atoms with Crippen LogP contribution in [0, 0.1) is 0 Å². The predicted octanol–water partition coefficient (Wildman–Crippen LogP) is 1.41. The molecule has 1 aromatic rings. The molecular weight excluding hydrogens is 312 g/mol. The topological polar surface area (TPSA) is 102 Å². The van der Waals surface area contributed by atoms with Gasteiger partial charge in [-0.05, 0) is 18.6 Å². The lowest BCUT2D eigenvalue weighted by Gasteiger charge is -2.21. The summed E-state index contributed by atoms with van der Waals surface area (Å²) in [5.74, 6) is -0.945. The summed E-state index contributed by atoms with van der Waals surface area (Å²) in [4.78, 5) is 37.7. The van der Waals surface area contributed by atoms with Crippen LogP contribution in [0.25, 0.3) is 0 Å². The van der Waals surface area contributed by atoms with Crippen LogP contribution in [0.15, 0.2) is 30.3 Å². The number of benzene rings is 1. The van der Waals surface area contributed by atoms with Crippen molar-refractivity contribution in [2.24, 2.45) is 0 Å². The van der Waals surface area contributed by atoms with E-state index in [-0.39, 0.29) is 31.1 Å². The Hall–Kier alpha value is -2.77. The van der Waals surface area contributed by atoms with E-state index in [0.29, 0.717) is 19.5 Å². The SMILES string of the molecule is CN(CCC(=O)O)C(=O)NC1CCN(C(=O)Nc2ccccc2)C1. The zero-order valence-electron chi connectivity index (χ0n) is 13.6. The molecule has 8 heteroatoms. The zero-order valence-corrected chi connectivity index (χ0v) is 13.6. The van der Waals surface area contributed by atoms with E-state index in [1.165, 1.54) is 4.90 Å². The van der Waals surface area contributed by atoms with Crippen molar-refractivity contribution in [1.29, 1.82) is 0 Å². The first-order valence-electron chi connectivity index (χ1n) is 7.80. The van der Waals surface area contributed by atoms with Crippen LogP contribution in [0.5, 0.6) is 0 Å². The monoisotopic (exact) mass is 334 g/mol. The Labute approximate surface area is 140 Å². The normalized spacial score (nSPS) is 16.5. The van der Waals surface area contributed by atoms with Gasteiger partial charge in [0.1, 0.15) is 0 Å². The van der Waals surface area contributed by atoms with Crippen molar-refractivity contribution in [2.75, 3.05) is 32.0 Å². The lowest BCUT2D eigenvalue weighted by molar-refractivity contribution is -0.137. The molecule has 1 aliphatic heterocycles. The molecule has 1 saturated heterocycles. The third kappa shape index (κ3) is 5.15. The van der Waals surface area contributed by atoms with Gasteiger partial charge < -0.3 is 25.5 Å². The van der Waals surface area contributed by atoms with Gasteiger partial charge in [-0.1, -0.05) is 18.2 Å². The van der Waals surface area contributed by atoms with Gasteiger partial charge in [0, 0.05) is 38.4 Å². The minimum absolute atomic E-state index is 0.0970. The summed E-state index contributed by atoms with van der Waals surface area (Å²) in [6.07, 6.45) is 0.570. The third-order valence-corrected chi connectivity index (χ3v) is 3.84. The number of amides is 4. The molecule has 1 aromatic carbocycles.